The summed E-state index contributed by atoms with van der Waals surface area (Å²) in [5.41, 5.74) is 2.01. The summed E-state index contributed by atoms with van der Waals surface area (Å²) >= 11 is 0. The number of aromatic nitrogens is 1. The molecule has 2 aliphatic carbocycles. The van der Waals surface area contributed by atoms with Crippen molar-refractivity contribution in [1.29, 1.82) is 0 Å². The fraction of sp³-hybridized carbons (Fsp3) is 0.481. The molecule has 170 valence electrons. The zero-order chi connectivity index (χ0) is 22.7. The summed E-state index contributed by atoms with van der Waals surface area (Å²) in [6, 6.07) is 12.2. The molecule has 1 aromatic heterocycles. The summed E-state index contributed by atoms with van der Waals surface area (Å²) < 4.78 is 12.1. The SMILES string of the molecule is CC[Si](CC)(CC)O[C@@H]1C[C@@H]2C=C(C(=O)OC)C=C[C@@H]2[C@H]1Cc1ccc2ccncc2c1. The van der Waals surface area contributed by atoms with Crippen LogP contribution in [-0.4, -0.2) is 32.5 Å². The van der Waals surface area contributed by atoms with Crippen LogP contribution in [0.4, 0.5) is 0 Å². The van der Waals surface area contributed by atoms with Crippen molar-refractivity contribution in [3.63, 3.8) is 0 Å². The highest BCUT2D eigenvalue weighted by Gasteiger charge is 2.46. The number of hydrogen-bond acceptors (Lipinski definition) is 4. The molecule has 1 aromatic carbocycles. The Balaban J connectivity index is 1.64. The monoisotopic (exact) mass is 449 g/mol. The van der Waals surface area contributed by atoms with Crippen LogP contribution in [0.2, 0.25) is 18.1 Å². The number of ether oxygens (including phenoxy) is 1. The van der Waals surface area contributed by atoms with Gasteiger partial charge in [0.05, 0.1) is 12.7 Å². The molecule has 4 atom stereocenters. The predicted octanol–water partition coefficient (Wildman–Crippen LogP) is 6.09. The summed E-state index contributed by atoms with van der Waals surface area (Å²) in [5, 5.41) is 2.40. The van der Waals surface area contributed by atoms with Gasteiger partial charge < -0.3 is 9.16 Å². The first kappa shape index (κ1) is 22.9. The number of carbonyl (C=O) groups is 1. The van der Waals surface area contributed by atoms with Crippen molar-refractivity contribution in [2.45, 2.75) is 57.8 Å². The van der Waals surface area contributed by atoms with Gasteiger partial charge in [-0.1, -0.05) is 51.1 Å². The molecule has 0 bridgehead atoms. The molecule has 1 fully saturated rings. The van der Waals surface area contributed by atoms with Gasteiger partial charge in [-0.05, 0) is 71.8 Å². The third-order valence-electron chi connectivity index (χ3n) is 7.79. The molecular weight excluding hydrogens is 414 g/mol. The van der Waals surface area contributed by atoms with Gasteiger partial charge in [-0.15, -0.1) is 0 Å². The molecule has 0 saturated heterocycles. The lowest BCUT2D eigenvalue weighted by Gasteiger charge is -2.35. The molecule has 0 spiro atoms. The van der Waals surface area contributed by atoms with Crippen LogP contribution in [0.1, 0.15) is 32.8 Å². The van der Waals surface area contributed by atoms with Gasteiger partial charge >= 0.3 is 5.97 Å². The number of methoxy groups -OCH3 is 1. The van der Waals surface area contributed by atoms with E-state index in [1.165, 1.54) is 23.4 Å². The minimum absolute atomic E-state index is 0.221. The van der Waals surface area contributed by atoms with Crippen LogP contribution in [0.25, 0.3) is 10.8 Å². The van der Waals surface area contributed by atoms with Crippen LogP contribution in [0.5, 0.6) is 0 Å². The van der Waals surface area contributed by atoms with Gasteiger partial charge in [0, 0.05) is 23.9 Å². The van der Waals surface area contributed by atoms with E-state index in [0.29, 0.717) is 23.3 Å². The maximum atomic E-state index is 12.1. The molecule has 0 unspecified atom stereocenters. The van der Waals surface area contributed by atoms with Gasteiger partial charge in [0.1, 0.15) is 0 Å². The number of carbonyl (C=O) groups excluding carboxylic acids is 1. The highest BCUT2D eigenvalue weighted by atomic mass is 28.4. The first-order chi connectivity index (χ1) is 15.5. The van der Waals surface area contributed by atoms with E-state index in [0.717, 1.165) is 31.0 Å². The zero-order valence-electron chi connectivity index (χ0n) is 19.7. The van der Waals surface area contributed by atoms with E-state index in [2.05, 4.69) is 62.2 Å². The van der Waals surface area contributed by atoms with Crippen molar-refractivity contribution in [3.8, 4) is 0 Å². The summed E-state index contributed by atoms with van der Waals surface area (Å²) in [5.74, 6) is 0.859. The molecule has 0 N–H and O–H groups in total. The highest BCUT2D eigenvalue weighted by molar-refractivity contribution is 6.73. The molecular formula is C27H35NO3Si. The average molecular weight is 450 g/mol. The lowest BCUT2D eigenvalue weighted by Crippen LogP contribution is -2.42. The highest BCUT2D eigenvalue weighted by Crippen LogP contribution is 2.46. The zero-order valence-corrected chi connectivity index (χ0v) is 20.7. The van der Waals surface area contributed by atoms with E-state index in [1.54, 1.807) is 0 Å². The van der Waals surface area contributed by atoms with Crippen LogP contribution in [0.3, 0.4) is 0 Å². The van der Waals surface area contributed by atoms with Crippen LogP contribution >= 0.6 is 0 Å². The Labute approximate surface area is 192 Å². The van der Waals surface area contributed by atoms with Crippen molar-refractivity contribution in [2.24, 2.45) is 17.8 Å². The maximum absolute atomic E-state index is 12.1. The minimum atomic E-state index is -1.74. The molecule has 0 aliphatic heterocycles. The molecule has 1 heterocycles. The molecule has 1 saturated carbocycles. The van der Waals surface area contributed by atoms with Crippen molar-refractivity contribution in [3.05, 3.63) is 66.0 Å². The standard InChI is InChI=1S/C27H35NO3Si/c1-5-32(6-2,7-3)31-26-17-22-16-21(27(29)30-4)10-11-24(22)25(26)15-19-8-9-20-12-13-28-18-23(20)14-19/h8-14,16,18,22,24-26H,5-7,15,17H2,1-4H3/t22-,24-,25+,26+/m0/s1. The largest absolute Gasteiger partial charge is 0.465 e. The van der Waals surface area contributed by atoms with Gasteiger partial charge in [-0.3, -0.25) is 4.98 Å². The van der Waals surface area contributed by atoms with E-state index < -0.39 is 8.32 Å². The minimum Gasteiger partial charge on any atom is -0.465 e. The third kappa shape index (κ3) is 4.46. The van der Waals surface area contributed by atoms with Crippen molar-refractivity contribution in [2.75, 3.05) is 7.11 Å². The Morgan fingerprint density at radius 1 is 1.12 bits per heavy atom. The molecule has 2 aromatic rings. The molecule has 5 heteroatoms. The maximum Gasteiger partial charge on any atom is 0.337 e. The number of pyridine rings is 1. The summed E-state index contributed by atoms with van der Waals surface area (Å²) in [6.07, 6.45) is 12.3. The first-order valence-corrected chi connectivity index (χ1v) is 14.5. The fourth-order valence-corrected chi connectivity index (χ4v) is 8.56. The van der Waals surface area contributed by atoms with Gasteiger partial charge in [0.15, 0.2) is 8.32 Å². The number of fused-ring (bicyclic) bond motifs is 2. The normalized spacial score (nSPS) is 24.9. The lowest BCUT2D eigenvalue weighted by molar-refractivity contribution is -0.135. The Morgan fingerprint density at radius 3 is 2.62 bits per heavy atom. The molecule has 4 nitrogen and oxygen atoms in total. The summed E-state index contributed by atoms with van der Waals surface area (Å²) in [6.45, 7) is 6.88. The molecule has 0 amide bonds. The van der Waals surface area contributed by atoms with Crippen LogP contribution in [0.15, 0.2) is 60.5 Å². The van der Waals surface area contributed by atoms with Crippen molar-refractivity contribution < 1.29 is 14.0 Å². The molecule has 2 aliphatic rings. The average Bonchev–Trinajstić information content (AvgIpc) is 3.17. The van der Waals surface area contributed by atoms with Gasteiger partial charge in [0.2, 0.25) is 0 Å². The fourth-order valence-electron chi connectivity index (χ4n) is 5.64. The van der Waals surface area contributed by atoms with E-state index in [9.17, 15) is 4.79 Å². The van der Waals surface area contributed by atoms with Crippen molar-refractivity contribution >= 4 is 25.1 Å². The smallest absolute Gasteiger partial charge is 0.337 e. The van der Waals surface area contributed by atoms with E-state index >= 15 is 0 Å². The third-order valence-corrected chi connectivity index (χ3v) is 12.5. The predicted molar refractivity (Wildman–Crippen MR) is 132 cm³/mol. The van der Waals surface area contributed by atoms with Crippen molar-refractivity contribution in [1.82, 2.24) is 4.98 Å². The van der Waals surface area contributed by atoms with E-state index in [1.807, 2.05) is 18.5 Å². The number of nitrogens with zero attached hydrogens (tertiary/aromatic N) is 1. The second-order valence-electron chi connectivity index (χ2n) is 9.27. The van der Waals surface area contributed by atoms with Gasteiger partial charge in [-0.2, -0.15) is 0 Å². The van der Waals surface area contributed by atoms with Crippen LogP contribution < -0.4 is 0 Å². The second-order valence-corrected chi connectivity index (χ2v) is 14.0. The van der Waals surface area contributed by atoms with Gasteiger partial charge in [-0.25, -0.2) is 4.79 Å². The second kappa shape index (κ2) is 9.71. The molecule has 32 heavy (non-hydrogen) atoms. The van der Waals surface area contributed by atoms with Crippen LogP contribution in [0, 0.1) is 17.8 Å². The first-order valence-electron chi connectivity index (χ1n) is 12.0. The Hall–Kier alpha value is -2.24. The Morgan fingerprint density at radius 2 is 1.91 bits per heavy atom. The summed E-state index contributed by atoms with van der Waals surface area (Å²) in [7, 11) is -0.292. The topological polar surface area (TPSA) is 48.4 Å². The van der Waals surface area contributed by atoms with Crippen LogP contribution in [-0.2, 0) is 20.4 Å². The summed E-state index contributed by atoms with van der Waals surface area (Å²) in [4.78, 5) is 16.4. The number of esters is 1. The Bertz CT molecular complexity index is 1020. The number of rotatable bonds is 8. The number of benzene rings is 1. The van der Waals surface area contributed by atoms with E-state index in [-0.39, 0.29) is 12.1 Å². The number of allylic oxidation sites excluding steroid dienone is 2. The number of hydrogen-bond donors (Lipinski definition) is 0. The van der Waals surface area contributed by atoms with Gasteiger partial charge in [0.25, 0.3) is 0 Å². The van der Waals surface area contributed by atoms with E-state index in [4.69, 9.17) is 9.16 Å². The quantitative estimate of drug-likeness (QED) is 0.361. The Kier molecular flexibility index (Phi) is 6.96. The molecule has 4 rings (SSSR count). The molecule has 0 radical (unpaired) electrons. The lowest BCUT2D eigenvalue weighted by atomic mass is 9.81.